The fraction of sp³-hybridized carbons (Fsp3) is 0.125. The lowest BCUT2D eigenvalue weighted by Crippen LogP contribution is -2.14. The molecule has 7 nitrogen and oxygen atoms in total. The summed E-state index contributed by atoms with van der Waals surface area (Å²) in [6.45, 7) is 0.256. The minimum atomic E-state index is -0.460. The summed E-state index contributed by atoms with van der Waals surface area (Å²) in [7, 11) is 0. The lowest BCUT2D eigenvalue weighted by molar-refractivity contribution is -0.384. The SMILES string of the molecule is O=C(CCOc1ccccc1)Nc1nc2ccc([N+](=O)[O-])cc2s1. The number of amides is 1. The van der Waals surface area contributed by atoms with Crippen molar-refractivity contribution >= 4 is 38.3 Å². The molecule has 122 valence electrons. The number of nitro benzene ring substituents is 1. The van der Waals surface area contributed by atoms with Crippen molar-refractivity contribution in [3.8, 4) is 5.75 Å². The Bertz CT molecular complexity index is 879. The van der Waals surface area contributed by atoms with E-state index in [2.05, 4.69) is 10.3 Å². The fourth-order valence-corrected chi connectivity index (χ4v) is 2.96. The Morgan fingerprint density at radius 1 is 1.25 bits per heavy atom. The van der Waals surface area contributed by atoms with Crippen LogP contribution in [-0.4, -0.2) is 22.4 Å². The lowest BCUT2D eigenvalue weighted by atomic mass is 10.3. The number of ether oxygens (including phenoxy) is 1. The molecular formula is C16H13N3O4S. The molecule has 1 aromatic heterocycles. The molecule has 0 saturated carbocycles. The average molecular weight is 343 g/mol. The first-order valence-electron chi connectivity index (χ1n) is 7.14. The number of anilines is 1. The van der Waals surface area contributed by atoms with E-state index < -0.39 is 4.92 Å². The van der Waals surface area contributed by atoms with E-state index in [9.17, 15) is 14.9 Å². The Morgan fingerprint density at radius 2 is 2.04 bits per heavy atom. The van der Waals surface area contributed by atoms with Crippen molar-refractivity contribution in [1.29, 1.82) is 0 Å². The number of aromatic nitrogens is 1. The summed E-state index contributed by atoms with van der Waals surface area (Å²) in [5.41, 5.74) is 0.613. The first kappa shape index (κ1) is 15.9. The second kappa shape index (κ2) is 7.05. The van der Waals surface area contributed by atoms with Crippen LogP contribution in [-0.2, 0) is 4.79 Å². The summed E-state index contributed by atoms with van der Waals surface area (Å²) in [5.74, 6) is 0.483. The van der Waals surface area contributed by atoms with E-state index in [1.807, 2.05) is 30.3 Å². The predicted octanol–water partition coefficient (Wildman–Crippen LogP) is 3.61. The van der Waals surface area contributed by atoms with Gasteiger partial charge in [0.15, 0.2) is 5.13 Å². The quantitative estimate of drug-likeness (QED) is 0.545. The van der Waals surface area contributed by atoms with Crippen molar-refractivity contribution in [3.63, 3.8) is 0 Å². The van der Waals surface area contributed by atoms with Crippen LogP contribution >= 0.6 is 11.3 Å². The molecule has 1 amide bonds. The maximum absolute atomic E-state index is 11.9. The number of thiazole rings is 1. The van der Waals surface area contributed by atoms with Crippen molar-refractivity contribution in [3.05, 3.63) is 58.6 Å². The number of nitro groups is 1. The maximum atomic E-state index is 11.9. The van der Waals surface area contributed by atoms with Gasteiger partial charge in [0.1, 0.15) is 5.75 Å². The number of nitrogens with one attached hydrogen (secondary N) is 1. The third-order valence-electron chi connectivity index (χ3n) is 3.17. The van der Waals surface area contributed by atoms with Gasteiger partial charge in [-0.25, -0.2) is 4.98 Å². The highest BCUT2D eigenvalue weighted by atomic mass is 32.1. The van der Waals surface area contributed by atoms with Crippen molar-refractivity contribution in [1.82, 2.24) is 4.98 Å². The Hall–Kier alpha value is -3.00. The van der Waals surface area contributed by atoms with Gasteiger partial charge in [-0.1, -0.05) is 29.5 Å². The lowest BCUT2D eigenvalue weighted by Gasteiger charge is -2.05. The number of carbonyl (C=O) groups is 1. The number of rotatable bonds is 6. The zero-order valence-corrected chi connectivity index (χ0v) is 13.3. The first-order chi connectivity index (χ1) is 11.6. The minimum Gasteiger partial charge on any atom is -0.493 e. The number of fused-ring (bicyclic) bond motifs is 1. The van der Waals surface area contributed by atoms with Gasteiger partial charge in [-0.05, 0) is 18.2 Å². The minimum absolute atomic E-state index is 0.000266. The fourth-order valence-electron chi connectivity index (χ4n) is 2.04. The molecule has 1 N–H and O–H groups in total. The van der Waals surface area contributed by atoms with Gasteiger partial charge in [-0.2, -0.15) is 0 Å². The van der Waals surface area contributed by atoms with E-state index in [1.165, 1.54) is 23.5 Å². The van der Waals surface area contributed by atoms with Crippen LogP contribution in [0.1, 0.15) is 6.42 Å². The molecule has 24 heavy (non-hydrogen) atoms. The van der Waals surface area contributed by atoms with Crippen LogP contribution < -0.4 is 10.1 Å². The van der Waals surface area contributed by atoms with Gasteiger partial charge in [-0.3, -0.25) is 14.9 Å². The molecule has 0 aliphatic rings. The molecule has 1 heterocycles. The van der Waals surface area contributed by atoms with E-state index >= 15 is 0 Å². The topological polar surface area (TPSA) is 94.4 Å². The molecule has 0 saturated heterocycles. The highest BCUT2D eigenvalue weighted by Crippen LogP contribution is 2.29. The molecule has 0 fully saturated rings. The Kier molecular flexibility index (Phi) is 4.66. The number of hydrogen-bond donors (Lipinski definition) is 1. The summed E-state index contributed by atoms with van der Waals surface area (Å²) >= 11 is 1.20. The Morgan fingerprint density at radius 3 is 2.79 bits per heavy atom. The highest BCUT2D eigenvalue weighted by molar-refractivity contribution is 7.22. The number of carbonyl (C=O) groups excluding carboxylic acids is 1. The molecule has 3 rings (SSSR count). The smallest absolute Gasteiger partial charge is 0.270 e. The highest BCUT2D eigenvalue weighted by Gasteiger charge is 2.12. The zero-order chi connectivity index (χ0) is 16.9. The molecule has 0 aliphatic carbocycles. The van der Waals surface area contributed by atoms with Crippen LogP contribution in [0.3, 0.4) is 0 Å². The number of hydrogen-bond acceptors (Lipinski definition) is 6. The number of non-ortho nitro benzene ring substituents is 1. The Balaban J connectivity index is 1.58. The maximum Gasteiger partial charge on any atom is 0.270 e. The van der Waals surface area contributed by atoms with Gasteiger partial charge >= 0.3 is 0 Å². The third-order valence-corrected chi connectivity index (χ3v) is 4.10. The van der Waals surface area contributed by atoms with E-state index in [1.54, 1.807) is 6.07 Å². The van der Waals surface area contributed by atoms with Crippen molar-refractivity contribution < 1.29 is 14.5 Å². The normalized spacial score (nSPS) is 10.5. The average Bonchev–Trinajstić information content (AvgIpc) is 2.96. The van der Waals surface area contributed by atoms with Crippen LogP contribution in [0.25, 0.3) is 10.2 Å². The number of nitrogens with zero attached hydrogens (tertiary/aromatic N) is 2. The Labute approximate surface area is 141 Å². The molecule has 0 unspecified atom stereocenters. The van der Waals surface area contributed by atoms with Crippen molar-refractivity contribution in [2.75, 3.05) is 11.9 Å². The van der Waals surface area contributed by atoms with Crippen molar-refractivity contribution in [2.24, 2.45) is 0 Å². The van der Waals surface area contributed by atoms with Gasteiger partial charge in [0.05, 0.1) is 28.2 Å². The largest absolute Gasteiger partial charge is 0.493 e. The van der Waals surface area contributed by atoms with Crippen LogP contribution in [0.2, 0.25) is 0 Å². The van der Waals surface area contributed by atoms with Gasteiger partial charge in [0.25, 0.3) is 5.69 Å². The number of benzene rings is 2. The van der Waals surface area contributed by atoms with Crippen LogP contribution in [0, 0.1) is 10.1 Å². The van der Waals surface area contributed by atoms with Gasteiger partial charge in [0, 0.05) is 12.1 Å². The van der Waals surface area contributed by atoms with Crippen molar-refractivity contribution in [2.45, 2.75) is 6.42 Å². The third kappa shape index (κ3) is 3.85. The standard InChI is InChI=1S/C16H13N3O4S/c20-15(8-9-23-12-4-2-1-3-5-12)18-16-17-13-7-6-11(19(21)22)10-14(13)24-16/h1-7,10H,8-9H2,(H,17,18,20). The summed E-state index contributed by atoms with van der Waals surface area (Å²) < 4.78 is 6.12. The van der Waals surface area contributed by atoms with Gasteiger partial charge in [0.2, 0.25) is 5.91 Å². The first-order valence-corrected chi connectivity index (χ1v) is 7.96. The second-order valence-electron chi connectivity index (χ2n) is 4.89. The predicted molar refractivity (Wildman–Crippen MR) is 91.5 cm³/mol. The van der Waals surface area contributed by atoms with E-state index in [-0.39, 0.29) is 24.6 Å². The molecule has 0 spiro atoms. The summed E-state index contributed by atoms with van der Waals surface area (Å²) in [6, 6.07) is 13.6. The molecule has 3 aromatic rings. The second-order valence-corrected chi connectivity index (χ2v) is 5.92. The molecule has 8 heteroatoms. The van der Waals surface area contributed by atoms with Crippen LogP contribution in [0.4, 0.5) is 10.8 Å². The molecule has 0 radical (unpaired) electrons. The molecule has 0 atom stereocenters. The molecular weight excluding hydrogens is 330 g/mol. The molecule has 2 aromatic carbocycles. The van der Waals surface area contributed by atoms with Crippen LogP contribution in [0.15, 0.2) is 48.5 Å². The summed E-state index contributed by atoms with van der Waals surface area (Å²) in [6.07, 6.45) is 0.185. The summed E-state index contributed by atoms with van der Waals surface area (Å²) in [4.78, 5) is 26.5. The zero-order valence-electron chi connectivity index (χ0n) is 12.5. The van der Waals surface area contributed by atoms with Crippen LogP contribution in [0.5, 0.6) is 5.75 Å². The van der Waals surface area contributed by atoms with Gasteiger partial charge < -0.3 is 10.1 Å². The number of para-hydroxylation sites is 1. The molecule has 0 bridgehead atoms. The summed E-state index contributed by atoms with van der Waals surface area (Å²) in [5, 5.41) is 13.9. The van der Waals surface area contributed by atoms with Gasteiger partial charge in [-0.15, -0.1) is 0 Å². The monoisotopic (exact) mass is 343 g/mol. The van der Waals surface area contributed by atoms with E-state index in [0.717, 1.165) is 0 Å². The van der Waals surface area contributed by atoms with E-state index in [0.29, 0.717) is 21.1 Å². The van der Waals surface area contributed by atoms with E-state index in [4.69, 9.17) is 4.74 Å². The molecule has 0 aliphatic heterocycles.